The molecule has 0 aromatic carbocycles. The maximum atomic E-state index is 3.56. The number of rotatable bonds is 3. The lowest BCUT2D eigenvalue weighted by atomic mass is 10.4. The summed E-state index contributed by atoms with van der Waals surface area (Å²) in [6, 6.07) is 0. The molecule has 0 N–H and O–H groups in total. The molecule has 0 bridgehead atoms. The fraction of sp³-hybridized carbons (Fsp3) is 0.250. The molecule has 9 heavy (non-hydrogen) atoms. The highest BCUT2D eigenvalue weighted by molar-refractivity contribution is 14.1. The zero-order valence-electron chi connectivity index (χ0n) is 5.60. The third-order valence-electron chi connectivity index (χ3n) is 0.862. The lowest BCUT2D eigenvalue weighted by Crippen LogP contribution is -1.60. The molecule has 0 heterocycles. The van der Waals surface area contributed by atoms with Crippen molar-refractivity contribution in [2.24, 2.45) is 0 Å². The SMILES string of the molecule is C=C/C=C\C=C(/I)CC. The highest BCUT2D eigenvalue weighted by atomic mass is 127. The van der Waals surface area contributed by atoms with Gasteiger partial charge in [-0.2, -0.15) is 0 Å². The molecule has 0 amide bonds. The zero-order valence-corrected chi connectivity index (χ0v) is 7.76. The number of hydrogen-bond donors (Lipinski definition) is 0. The van der Waals surface area contributed by atoms with Gasteiger partial charge in [0.05, 0.1) is 0 Å². The monoisotopic (exact) mass is 234 g/mol. The van der Waals surface area contributed by atoms with E-state index in [1.807, 2.05) is 12.2 Å². The van der Waals surface area contributed by atoms with Crippen molar-refractivity contribution in [3.63, 3.8) is 0 Å². The van der Waals surface area contributed by atoms with Crippen LogP contribution in [-0.4, -0.2) is 0 Å². The molecule has 0 saturated heterocycles. The van der Waals surface area contributed by atoms with E-state index in [4.69, 9.17) is 0 Å². The van der Waals surface area contributed by atoms with E-state index in [0.29, 0.717) is 0 Å². The Morgan fingerprint density at radius 1 is 1.56 bits per heavy atom. The van der Waals surface area contributed by atoms with Crippen LogP contribution in [0.1, 0.15) is 13.3 Å². The first-order valence-corrected chi connectivity index (χ1v) is 4.03. The summed E-state index contributed by atoms with van der Waals surface area (Å²) in [5, 5.41) is 0. The normalized spacial score (nSPS) is 12.4. The summed E-state index contributed by atoms with van der Waals surface area (Å²) in [6.07, 6.45) is 8.90. The third-order valence-corrected chi connectivity index (χ3v) is 1.98. The Morgan fingerprint density at radius 3 is 2.67 bits per heavy atom. The minimum Gasteiger partial charge on any atom is -0.0991 e. The van der Waals surface area contributed by atoms with Crippen LogP contribution >= 0.6 is 22.6 Å². The van der Waals surface area contributed by atoms with E-state index in [9.17, 15) is 0 Å². The predicted molar refractivity (Wildman–Crippen MR) is 51.7 cm³/mol. The first kappa shape index (κ1) is 8.95. The standard InChI is InChI=1S/C8H11I/c1-3-5-6-7-8(9)4-2/h3,5-7H,1,4H2,2H3/b6-5-,8-7-. The minimum absolute atomic E-state index is 1.11. The summed E-state index contributed by atoms with van der Waals surface area (Å²) in [7, 11) is 0. The Morgan fingerprint density at radius 2 is 2.22 bits per heavy atom. The summed E-state index contributed by atoms with van der Waals surface area (Å²) < 4.78 is 1.37. The maximum absolute atomic E-state index is 3.56. The van der Waals surface area contributed by atoms with E-state index in [-0.39, 0.29) is 0 Å². The van der Waals surface area contributed by atoms with E-state index >= 15 is 0 Å². The first-order chi connectivity index (χ1) is 4.31. The molecule has 0 rings (SSSR count). The smallest absolute Gasteiger partial charge is 0.00968 e. The van der Waals surface area contributed by atoms with E-state index < -0.39 is 0 Å². The quantitative estimate of drug-likeness (QED) is 0.518. The van der Waals surface area contributed by atoms with Crippen molar-refractivity contribution in [3.8, 4) is 0 Å². The van der Waals surface area contributed by atoms with E-state index in [0.717, 1.165) is 6.42 Å². The van der Waals surface area contributed by atoms with E-state index in [2.05, 4.69) is 42.2 Å². The molecule has 0 aliphatic rings. The first-order valence-electron chi connectivity index (χ1n) is 2.95. The number of allylic oxidation sites excluding steroid dienone is 5. The molecule has 0 spiro atoms. The molecule has 50 valence electrons. The van der Waals surface area contributed by atoms with Gasteiger partial charge in [-0.15, -0.1) is 0 Å². The van der Waals surface area contributed by atoms with Crippen molar-refractivity contribution >= 4 is 22.6 Å². The van der Waals surface area contributed by atoms with Gasteiger partial charge in [-0.3, -0.25) is 0 Å². The Hall–Kier alpha value is -0.0500. The molecule has 0 aromatic heterocycles. The molecule has 0 atom stereocenters. The second-order valence-corrected chi connectivity index (χ2v) is 2.97. The average molecular weight is 234 g/mol. The van der Waals surface area contributed by atoms with Crippen LogP contribution in [0.4, 0.5) is 0 Å². The third kappa shape index (κ3) is 5.83. The van der Waals surface area contributed by atoms with Crippen molar-refractivity contribution in [2.45, 2.75) is 13.3 Å². The van der Waals surface area contributed by atoms with E-state index in [1.165, 1.54) is 3.58 Å². The van der Waals surface area contributed by atoms with Gasteiger partial charge in [0, 0.05) is 0 Å². The van der Waals surface area contributed by atoms with Gasteiger partial charge in [0.15, 0.2) is 0 Å². The van der Waals surface area contributed by atoms with Crippen LogP contribution in [0.5, 0.6) is 0 Å². The van der Waals surface area contributed by atoms with Crippen molar-refractivity contribution in [1.82, 2.24) is 0 Å². The Bertz CT molecular complexity index is 132. The summed E-state index contributed by atoms with van der Waals surface area (Å²) in [5.74, 6) is 0. The van der Waals surface area contributed by atoms with Gasteiger partial charge >= 0.3 is 0 Å². The Kier molecular flexibility index (Phi) is 6.04. The number of halogens is 1. The van der Waals surface area contributed by atoms with Crippen LogP contribution in [0, 0.1) is 0 Å². The van der Waals surface area contributed by atoms with Gasteiger partial charge in [0.2, 0.25) is 0 Å². The molecule has 0 aliphatic carbocycles. The minimum atomic E-state index is 1.11. The molecule has 0 saturated carbocycles. The van der Waals surface area contributed by atoms with Crippen LogP contribution in [0.3, 0.4) is 0 Å². The van der Waals surface area contributed by atoms with E-state index in [1.54, 1.807) is 6.08 Å². The average Bonchev–Trinajstić information content (AvgIpc) is 1.89. The van der Waals surface area contributed by atoms with Crippen LogP contribution in [-0.2, 0) is 0 Å². The molecule has 0 unspecified atom stereocenters. The topological polar surface area (TPSA) is 0 Å². The summed E-state index contributed by atoms with van der Waals surface area (Å²) in [6.45, 7) is 5.70. The maximum Gasteiger partial charge on any atom is -0.00968 e. The predicted octanol–water partition coefficient (Wildman–Crippen LogP) is 3.46. The zero-order chi connectivity index (χ0) is 7.11. The van der Waals surface area contributed by atoms with Crippen LogP contribution in [0.25, 0.3) is 0 Å². The lowest BCUT2D eigenvalue weighted by Gasteiger charge is -1.84. The molecular weight excluding hydrogens is 223 g/mol. The summed E-state index contributed by atoms with van der Waals surface area (Å²) in [4.78, 5) is 0. The van der Waals surface area contributed by atoms with Gasteiger partial charge in [-0.1, -0.05) is 37.8 Å². The van der Waals surface area contributed by atoms with Crippen molar-refractivity contribution in [1.29, 1.82) is 0 Å². The number of hydrogen-bond acceptors (Lipinski definition) is 0. The Balaban J connectivity index is 3.67. The highest BCUT2D eigenvalue weighted by Gasteiger charge is 1.78. The highest BCUT2D eigenvalue weighted by Crippen LogP contribution is 2.09. The van der Waals surface area contributed by atoms with Crippen molar-refractivity contribution < 1.29 is 0 Å². The molecular formula is C8H11I. The summed E-state index contributed by atoms with van der Waals surface area (Å²) >= 11 is 2.32. The van der Waals surface area contributed by atoms with Gasteiger partial charge in [0.25, 0.3) is 0 Å². The van der Waals surface area contributed by atoms with Gasteiger partial charge in [0.1, 0.15) is 0 Å². The largest absolute Gasteiger partial charge is 0.0991 e. The fourth-order valence-electron chi connectivity index (χ4n) is 0.356. The molecule has 0 nitrogen and oxygen atoms in total. The summed E-state index contributed by atoms with van der Waals surface area (Å²) in [5.41, 5.74) is 0. The molecule has 0 radical (unpaired) electrons. The second kappa shape index (κ2) is 6.08. The second-order valence-electron chi connectivity index (χ2n) is 1.59. The molecule has 0 aliphatic heterocycles. The van der Waals surface area contributed by atoms with Gasteiger partial charge < -0.3 is 0 Å². The Labute approximate surface area is 70.5 Å². The van der Waals surface area contributed by atoms with Crippen LogP contribution < -0.4 is 0 Å². The van der Waals surface area contributed by atoms with Crippen LogP contribution in [0.2, 0.25) is 0 Å². The molecule has 0 aromatic rings. The fourth-order valence-corrected chi connectivity index (χ4v) is 0.564. The molecule has 1 heteroatoms. The van der Waals surface area contributed by atoms with Gasteiger partial charge in [-0.25, -0.2) is 0 Å². The lowest BCUT2D eigenvalue weighted by molar-refractivity contribution is 1.21. The van der Waals surface area contributed by atoms with Gasteiger partial charge in [-0.05, 0) is 32.6 Å². The van der Waals surface area contributed by atoms with Crippen molar-refractivity contribution in [3.05, 3.63) is 34.5 Å². The molecule has 0 fully saturated rings. The van der Waals surface area contributed by atoms with Crippen LogP contribution in [0.15, 0.2) is 34.5 Å². The van der Waals surface area contributed by atoms with Crippen molar-refractivity contribution in [2.75, 3.05) is 0 Å².